The van der Waals surface area contributed by atoms with Crippen LogP contribution in [0, 0.1) is 0 Å². The van der Waals surface area contributed by atoms with Crippen molar-refractivity contribution in [3.8, 4) is 0 Å². The summed E-state index contributed by atoms with van der Waals surface area (Å²) in [5.74, 6) is 0.241. The first kappa shape index (κ1) is 11.6. The number of benzene rings is 1. The smallest absolute Gasteiger partial charge is 0.219 e. The maximum Gasteiger partial charge on any atom is 0.219 e. The number of amides is 1. The van der Waals surface area contributed by atoms with Gasteiger partial charge in [0.1, 0.15) is 0 Å². The Kier molecular flexibility index (Phi) is 4.16. The summed E-state index contributed by atoms with van der Waals surface area (Å²) in [5.41, 5.74) is 7.39. The number of rotatable bonds is 5. The fourth-order valence-electron chi connectivity index (χ4n) is 1.34. The van der Waals surface area contributed by atoms with Gasteiger partial charge in [-0.25, -0.2) is 0 Å². The number of anilines is 1. The van der Waals surface area contributed by atoms with Crippen molar-refractivity contribution in [2.24, 2.45) is 5.73 Å². The van der Waals surface area contributed by atoms with Gasteiger partial charge in [-0.1, -0.05) is 26.0 Å². The Balaban J connectivity index is 2.54. The minimum atomic E-state index is -0.275. The van der Waals surface area contributed by atoms with Gasteiger partial charge in [-0.2, -0.15) is 0 Å². The van der Waals surface area contributed by atoms with Gasteiger partial charge >= 0.3 is 0 Å². The van der Waals surface area contributed by atoms with Gasteiger partial charge < -0.3 is 11.1 Å². The van der Waals surface area contributed by atoms with Crippen molar-refractivity contribution in [1.82, 2.24) is 0 Å². The number of carbonyl (C=O) groups excluding carboxylic acids is 1. The summed E-state index contributed by atoms with van der Waals surface area (Å²) in [7, 11) is 0. The van der Waals surface area contributed by atoms with Gasteiger partial charge in [0.25, 0.3) is 0 Å². The Labute approximate surface area is 90.7 Å². The van der Waals surface area contributed by atoms with E-state index in [1.807, 2.05) is 12.1 Å². The van der Waals surface area contributed by atoms with E-state index in [0.29, 0.717) is 18.9 Å². The van der Waals surface area contributed by atoms with Gasteiger partial charge in [-0.15, -0.1) is 0 Å². The van der Waals surface area contributed by atoms with Crippen molar-refractivity contribution in [3.63, 3.8) is 0 Å². The van der Waals surface area contributed by atoms with Gasteiger partial charge in [0, 0.05) is 18.7 Å². The lowest BCUT2D eigenvalue weighted by atomic mass is 10.0. The van der Waals surface area contributed by atoms with E-state index in [1.165, 1.54) is 5.56 Å². The highest BCUT2D eigenvalue weighted by atomic mass is 16.1. The minimum absolute atomic E-state index is 0.275. The lowest BCUT2D eigenvalue weighted by Crippen LogP contribution is -2.15. The van der Waals surface area contributed by atoms with Gasteiger partial charge in [-0.3, -0.25) is 4.79 Å². The lowest BCUT2D eigenvalue weighted by molar-refractivity contribution is -0.117. The zero-order chi connectivity index (χ0) is 11.3. The summed E-state index contributed by atoms with van der Waals surface area (Å²) in [6.07, 6.45) is 0.367. The third kappa shape index (κ3) is 4.02. The SMILES string of the molecule is CC(C)c1cccc(NCCC(N)=O)c1. The Morgan fingerprint density at radius 2 is 2.20 bits per heavy atom. The van der Waals surface area contributed by atoms with Crippen LogP contribution in [0.4, 0.5) is 5.69 Å². The number of hydrogen-bond donors (Lipinski definition) is 2. The summed E-state index contributed by atoms with van der Waals surface area (Å²) in [6.45, 7) is 4.90. The van der Waals surface area contributed by atoms with Crippen LogP contribution in [0.1, 0.15) is 31.7 Å². The molecule has 0 unspecified atom stereocenters. The van der Waals surface area contributed by atoms with E-state index < -0.39 is 0 Å². The molecule has 1 aromatic carbocycles. The van der Waals surface area contributed by atoms with Crippen LogP contribution >= 0.6 is 0 Å². The zero-order valence-corrected chi connectivity index (χ0v) is 9.29. The average molecular weight is 206 g/mol. The van der Waals surface area contributed by atoms with E-state index in [9.17, 15) is 4.79 Å². The van der Waals surface area contributed by atoms with E-state index in [-0.39, 0.29) is 5.91 Å². The molecule has 3 nitrogen and oxygen atoms in total. The summed E-state index contributed by atoms with van der Waals surface area (Å²) in [6, 6.07) is 8.21. The monoisotopic (exact) mass is 206 g/mol. The number of carbonyl (C=O) groups is 1. The minimum Gasteiger partial charge on any atom is -0.385 e. The fraction of sp³-hybridized carbons (Fsp3) is 0.417. The van der Waals surface area contributed by atoms with Crippen LogP contribution in [0.5, 0.6) is 0 Å². The van der Waals surface area contributed by atoms with Crippen LogP contribution in [0.15, 0.2) is 24.3 Å². The van der Waals surface area contributed by atoms with Crippen molar-refractivity contribution >= 4 is 11.6 Å². The zero-order valence-electron chi connectivity index (χ0n) is 9.29. The maximum atomic E-state index is 10.5. The van der Waals surface area contributed by atoms with Crippen molar-refractivity contribution in [2.45, 2.75) is 26.2 Å². The summed E-state index contributed by atoms with van der Waals surface area (Å²) >= 11 is 0. The Morgan fingerprint density at radius 1 is 1.47 bits per heavy atom. The lowest BCUT2D eigenvalue weighted by Gasteiger charge is -2.09. The van der Waals surface area contributed by atoms with Crippen LogP contribution in [0.2, 0.25) is 0 Å². The number of primary amides is 1. The van der Waals surface area contributed by atoms with E-state index in [0.717, 1.165) is 5.69 Å². The van der Waals surface area contributed by atoms with Gasteiger partial charge in [0.05, 0.1) is 0 Å². The molecule has 3 N–H and O–H groups in total. The van der Waals surface area contributed by atoms with Crippen molar-refractivity contribution in [2.75, 3.05) is 11.9 Å². The Morgan fingerprint density at radius 3 is 2.80 bits per heavy atom. The van der Waals surface area contributed by atoms with Crippen LogP contribution < -0.4 is 11.1 Å². The highest BCUT2D eigenvalue weighted by Crippen LogP contribution is 2.18. The largest absolute Gasteiger partial charge is 0.385 e. The number of hydrogen-bond acceptors (Lipinski definition) is 2. The van der Waals surface area contributed by atoms with Gasteiger partial charge in [0.15, 0.2) is 0 Å². The second-order valence-electron chi connectivity index (χ2n) is 3.92. The third-order valence-electron chi connectivity index (χ3n) is 2.25. The molecule has 0 aliphatic rings. The van der Waals surface area contributed by atoms with Crippen molar-refractivity contribution in [1.29, 1.82) is 0 Å². The number of nitrogens with two attached hydrogens (primary N) is 1. The highest BCUT2D eigenvalue weighted by Gasteiger charge is 2.00. The summed E-state index contributed by atoms with van der Waals surface area (Å²) in [4.78, 5) is 10.5. The van der Waals surface area contributed by atoms with Crippen LogP contribution in [0.3, 0.4) is 0 Å². The average Bonchev–Trinajstić information content (AvgIpc) is 2.17. The molecule has 0 spiro atoms. The first-order valence-corrected chi connectivity index (χ1v) is 5.21. The van der Waals surface area contributed by atoms with Gasteiger partial charge in [0.2, 0.25) is 5.91 Å². The Bertz CT molecular complexity index is 334. The second kappa shape index (κ2) is 5.39. The quantitative estimate of drug-likeness (QED) is 0.775. The van der Waals surface area contributed by atoms with Crippen molar-refractivity contribution in [3.05, 3.63) is 29.8 Å². The molecule has 3 heteroatoms. The molecule has 0 aromatic heterocycles. The molecule has 0 atom stereocenters. The molecule has 82 valence electrons. The first-order valence-electron chi connectivity index (χ1n) is 5.21. The molecule has 0 radical (unpaired) electrons. The molecule has 0 heterocycles. The molecular weight excluding hydrogens is 188 g/mol. The molecule has 1 amide bonds. The first-order chi connectivity index (χ1) is 7.09. The predicted octanol–water partition coefficient (Wildman–Crippen LogP) is 2.10. The van der Waals surface area contributed by atoms with E-state index in [4.69, 9.17) is 5.73 Å². The molecule has 1 aromatic rings. The second-order valence-corrected chi connectivity index (χ2v) is 3.92. The molecule has 1 rings (SSSR count). The molecule has 0 aliphatic carbocycles. The fourth-order valence-corrected chi connectivity index (χ4v) is 1.34. The summed E-state index contributed by atoms with van der Waals surface area (Å²) < 4.78 is 0. The molecule has 0 saturated carbocycles. The summed E-state index contributed by atoms with van der Waals surface area (Å²) in [5, 5.41) is 3.17. The molecular formula is C12H18N2O. The van der Waals surface area contributed by atoms with Crippen LogP contribution in [-0.2, 0) is 4.79 Å². The third-order valence-corrected chi connectivity index (χ3v) is 2.25. The van der Waals surface area contributed by atoms with Crippen LogP contribution in [0.25, 0.3) is 0 Å². The normalized spacial score (nSPS) is 10.3. The Hall–Kier alpha value is -1.51. The molecule has 0 bridgehead atoms. The number of nitrogens with one attached hydrogen (secondary N) is 1. The highest BCUT2D eigenvalue weighted by molar-refractivity contribution is 5.74. The van der Waals surface area contributed by atoms with E-state index in [2.05, 4.69) is 31.3 Å². The molecule has 0 fully saturated rings. The topological polar surface area (TPSA) is 55.1 Å². The molecule has 0 saturated heterocycles. The van der Waals surface area contributed by atoms with Crippen LogP contribution in [-0.4, -0.2) is 12.5 Å². The van der Waals surface area contributed by atoms with Gasteiger partial charge in [-0.05, 0) is 23.6 Å². The van der Waals surface area contributed by atoms with Crippen molar-refractivity contribution < 1.29 is 4.79 Å². The standard InChI is InChI=1S/C12H18N2O/c1-9(2)10-4-3-5-11(8-10)14-7-6-12(13)15/h3-5,8-9,14H,6-7H2,1-2H3,(H2,13,15). The van der Waals surface area contributed by atoms with E-state index >= 15 is 0 Å². The predicted molar refractivity (Wildman–Crippen MR) is 62.8 cm³/mol. The molecule has 15 heavy (non-hydrogen) atoms. The molecule has 0 aliphatic heterocycles. The van der Waals surface area contributed by atoms with E-state index in [1.54, 1.807) is 0 Å². The maximum absolute atomic E-state index is 10.5.